The molecule has 0 radical (unpaired) electrons. The monoisotopic (exact) mass is 286 g/mol. The van der Waals surface area contributed by atoms with Crippen molar-refractivity contribution >= 4 is 0 Å². The van der Waals surface area contributed by atoms with Gasteiger partial charge in [-0.05, 0) is 92.8 Å². The van der Waals surface area contributed by atoms with Crippen LogP contribution in [0.3, 0.4) is 0 Å². The minimum Gasteiger partial charge on any atom is -0.0704 e. The van der Waals surface area contributed by atoms with E-state index in [0.29, 0.717) is 5.41 Å². The van der Waals surface area contributed by atoms with Crippen LogP contribution in [-0.4, -0.2) is 0 Å². The first-order valence-electron chi connectivity index (χ1n) is 9.84. The van der Waals surface area contributed by atoms with E-state index in [0.717, 1.165) is 29.6 Å². The Hall–Kier alpha value is -0.260. The summed E-state index contributed by atoms with van der Waals surface area (Å²) in [6.45, 7) is 7.58. The van der Waals surface area contributed by atoms with E-state index in [1.165, 1.54) is 57.8 Å². The van der Waals surface area contributed by atoms with Gasteiger partial charge in [0.15, 0.2) is 0 Å². The van der Waals surface area contributed by atoms with Gasteiger partial charge in [-0.1, -0.05) is 38.3 Å². The van der Waals surface area contributed by atoms with Crippen molar-refractivity contribution in [1.82, 2.24) is 0 Å². The third-order valence-electron chi connectivity index (χ3n) is 8.31. The Labute approximate surface area is 131 Å². The van der Waals surface area contributed by atoms with Crippen molar-refractivity contribution < 1.29 is 0 Å². The molecule has 0 aromatic heterocycles. The van der Waals surface area contributed by atoms with Crippen LogP contribution in [0.4, 0.5) is 0 Å². The third kappa shape index (κ3) is 2.07. The van der Waals surface area contributed by atoms with Crippen molar-refractivity contribution in [3.05, 3.63) is 11.1 Å². The maximum atomic E-state index is 2.67. The molecule has 0 aromatic carbocycles. The molecule has 4 aliphatic rings. The van der Waals surface area contributed by atoms with Crippen molar-refractivity contribution in [2.75, 3.05) is 0 Å². The lowest BCUT2D eigenvalue weighted by Crippen LogP contribution is -2.43. The fourth-order valence-electron chi connectivity index (χ4n) is 7.19. The summed E-state index contributed by atoms with van der Waals surface area (Å²) in [5, 5.41) is 0. The zero-order valence-electron chi connectivity index (χ0n) is 14.5. The summed E-state index contributed by atoms with van der Waals surface area (Å²) in [4.78, 5) is 0. The first kappa shape index (κ1) is 14.3. The summed E-state index contributed by atoms with van der Waals surface area (Å²) in [7, 11) is 0. The van der Waals surface area contributed by atoms with Gasteiger partial charge in [0.1, 0.15) is 0 Å². The average Bonchev–Trinajstić information content (AvgIpc) is 2.83. The molecule has 0 aromatic rings. The van der Waals surface area contributed by atoms with E-state index < -0.39 is 0 Å². The molecule has 5 unspecified atom stereocenters. The molecule has 0 heterocycles. The standard InChI is InChI=1S/C21H34/c1-4-16-7-10-20-19-9-6-15-13-14(2)5-8-17(15)18(19)11-12-21(16,20)3/h14,16,18-20H,4-13H2,1-3H3/t14?,16?,18?,19?,20?,21-/m1/s1. The summed E-state index contributed by atoms with van der Waals surface area (Å²) < 4.78 is 0. The Balaban J connectivity index is 1.62. The van der Waals surface area contributed by atoms with E-state index in [9.17, 15) is 0 Å². The fraction of sp³-hybridized carbons (Fsp3) is 0.905. The highest BCUT2D eigenvalue weighted by Gasteiger charge is 2.54. The van der Waals surface area contributed by atoms with E-state index in [1.54, 1.807) is 6.42 Å². The van der Waals surface area contributed by atoms with Crippen molar-refractivity contribution in [3.8, 4) is 0 Å². The Bertz CT molecular complexity index is 445. The van der Waals surface area contributed by atoms with Gasteiger partial charge in [-0.2, -0.15) is 0 Å². The molecule has 0 saturated heterocycles. The molecule has 2 fully saturated rings. The minimum absolute atomic E-state index is 0.704. The molecule has 0 heteroatoms. The second kappa shape index (κ2) is 5.14. The van der Waals surface area contributed by atoms with Crippen LogP contribution in [0.15, 0.2) is 11.1 Å². The van der Waals surface area contributed by atoms with Crippen molar-refractivity contribution in [1.29, 1.82) is 0 Å². The number of allylic oxidation sites excluding steroid dienone is 2. The molecule has 0 nitrogen and oxygen atoms in total. The number of hydrogen-bond donors (Lipinski definition) is 0. The number of hydrogen-bond acceptors (Lipinski definition) is 0. The molecule has 118 valence electrons. The predicted molar refractivity (Wildman–Crippen MR) is 90.1 cm³/mol. The molecule has 0 N–H and O–H groups in total. The fourth-order valence-corrected chi connectivity index (χ4v) is 7.19. The molecule has 2 saturated carbocycles. The summed E-state index contributed by atoms with van der Waals surface area (Å²) in [5.41, 5.74) is 4.60. The number of fused-ring (bicyclic) bond motifs is 4. The van der Waals surface area contributed by atoms with E-state index in [-0.39, 0.29) is 0 Å². The minimum atomic E-state index is 0.704. The highest BCUT2D eigenvalue weighted by molar-refractivity contribution is 5.26. The second-order valence-corrected chi connectivity index (χ2v) is 9.12. The molecule has 0 amide bonds. The predicted octanol–water partition coefficient (Wildman–Crippen LogP) is 6.37. The van der Waals surface area contributed by atoms with Gasteiger partial charge in [0.2, 0.25) is 0 Å². The average molecular weight is 287 g/mol. The van der Waals surface area contributed by atoms with Crippen LogP contribution in [0, 0.1) is 35.0 Å². The Morgan fingerprint density at radius 1 is 1.05 bits per heavy atom. The summed E-state index contributed by atoms with van der Waals surface area (Å²) in [6, 6.07) is 0. The zero-order chi connectivity index (χ0) is 14.6. The SMILES string of the molecule is CCC1CCC2C3CCC4=C(CCC(C)C4)C3CC[C@]12C. The van der Waals surface area contributed by atoms with Crippen molar-refractivity contribution in [2.45, 2.75) is 85.0 Å². The first-order valence-corrected chi connectivity index (χ1v) is 9.84. The smallest absolute Gasteiger partial charge is 0.0169 e. The summed E-state index contributed by atoms with van der Waals surface area (Å²) >= 11 is 0. The maximum Gasteiger partial charge on any atom is -0.0169 e. The Morgan fingerprint density at radius 3 is 2.71 bits per heavy atom. The van der Waals surface area contributed by atoms with Crippen molar-refractivity contribution in [3.63, 3.8) is 0 Å². The van der Waals surface area contributed by atoms with Gasteiger partial charge >= 0.3 is 0 Å². The number of rotatable bonds is 1. The summed E-state index contributed by atoms with van der Waals surface area (Å²) in [5.74, 6) is 5.13. The topological polar surface area (TPSA) is 0 Å². The Kier molecular flexibility index (Phi) is 3.51. The van der Waals surface area contributed by atoms with Gasteiger partial charge in [-0.15, -0.1) is 0 Å². The van der Waals surface area contributed by atoms with E-state index >= 15 is 0 Å². The first-order chi connectivity index (χ1) is 10.1. The van der Waals surface area contributed by atoms with Crippen LogP contribution in [0.2, 0.25) is 0 Å². The van der Waals surface area contributed by atoms with Gasteiger partial charge in [0.25, 0.3) is 0 Å². The third-order valence-corrected chi connectivity index (χ3v) is 8.31. The molecule has 4 rings (SSSR count). The quantitative estimate of drug-likeness (QED) is 0.492. The van der Waals surface area contributed by atoms with Gasteiger partial charge in [0, 0.05) is 0 Å². The second-order valence-electron chi connectivity index (χ2n) is 9.12. The molecule has 0 aliphatic heterocycles. The highest BCUT2D eigenvalue weighted by atomic mass is 14.6. The van der Waals surface area contributed by atoms with Crippen LogP contribution in [0.1, 0.15) is 85.0 Å². The van der Waals surface area contributed by atoms with Crippen LogP contribution in [0.25, 0.3) is 0 Å². The Morgan fingerprint density at radius 2 is 1.90 bits per heavy atom. The normalized spacial score (nSPS) is 49.6. The molecular weight excluding hydrogens is 252 g/mol. The molecule has 6 atom stereocenters. The summed E-state index contributed by atoms with van der Waals surface area (Å²) in [6.07, 6.45) is 14.9. The largest absolute Gasteiger partial charge is 0.0704 e. The van der Waals surface area contributed by atoms with Crippen LogP contribution >= 0.6 is 0 Å². The van der Waals surface area contributed by atoms with Crippen LogP contribution in [-0.2, 0) is 0 Å². The van der Waals surface area contributed by atoms with Crippen molar-refractivity contribution in [2.24, 2.45) is 35.0 Å². The molecule has 0 bridgehead atoms. The lowest BCUT2D eigenvalue weighted by Gasteiger charge is -2.52. The van der Waals surface area contributed by atoms with E-state index in [4.69, 9.17) is 0 Å². The van der Waals surface area contributed by atoms with Gasteiger partial charge in [0.05, 0.1) is 0 Å². The van der Waals surface area contributed by atoms with Gasteiger partial charge in [-0.25, -0.2) is 0 Å². The zero-order valence-corrected chi connectivity index (χ0v) is 14.5. The maximum absolute atomic E-state index is 2.67. The van der Waals surface area contributed by atoms with E-state index in [2.05, 4.69) is 20.8 Å². The highest BCUT2D eigenvalue weighted by Crippen LogP contribution is 2.63. The lowest BCUT2D eigenvalue weighted by molar-refractivity contribution is 0.0116. The van der Waals surface area contributed by atoms with Crippen LogP contribution in [0.5, 0.6) is 0 Å². The van der Waals surface area contributed by atoms with Gasteiger partial charge in [-0.3, -0.25) is 0 Å². The molecule has 0 spiro atoms. The lowest BCUT2D eigenvalue weighted by atomic mass is 9.53. The molecular formula is C21H34. The molecule has 21 heavy (non-hydrogen) atoms. The molecule has 4 aliphatic carbocycles. The van der Waals surface area contributed by atoms with E-state index in [1.807, 2.05) is 11.1 Å². The van der Waals surface area contributed by atoms with Crippen LogP contribution < -0.4 is 0 Å². The van der Waals surface area contributed by atoms with Gasteiger partial charge < -0.3 is 0 Å².